The fraction of sp³-hybridized carbons (Fsp3) is 0.822. The normalized spacial score (nSPS) is 35.6. The molecule has 8 aliphatic heterocycles. The Kier molecular flexibility index (Phi) is 36.6. The minimum Gasteiger partial charge on any atom is -0.477 e. The van der Waals surface area contributed by atoms with E-state index in [9.17, 15) is 139 Å². The summed E-state index contributed by atoms with van der Waals surface area (Å²) in [4.78, 5) is 180. The van der Waals surface area contributed by atoms with Gasteiger partial charge in [0.2, 0.25) is 70.9 Å². The highest BCUT2D eigenvalue weighted by Crippen LogP contribution is 2.40. The predicted molar refractivity (Wildman–Crippen MR) is 404 cm³/mol. The van der Waals surface area contributed by atoms with E-state index in [2.05, 4.69) is 42.5 Å². The first-order valence-corrected chi connectivity index (χ1v) is 40.5. The second-order valence-electron chi connectivity index (χ2n) is 32.0. The molecule has 12 amide bonds. The topological polar surface area (TPSA) is 770 Å². The van der Waals surface area contributed by atoms with Crippen LogP contribution in [0.25, 0.3) is 0 Å². The van der Waals surface area contributed by atoms with E-state index in [4.69, 9.17) is 53.1 Å². The summed E-state index contributed by atoms with van der Waals surface area (Å²) in [6.45, 7) is 2.13. The summed E-state index contributed by atoms with van der Waals surface area (Å²) in [6.07, 6.45) is -49.2. The largest absolute Gasteiger partial charge is 0.477 e. The molecule has 0 spiro atoms. The Labute approximate surface area is 708 Å². The molecule has 8 saturated heterocycles. The van der Waals surface area contributed by atoms with Crippen LogP contribution in [0.4, 0.5) is 0 Å². The summed E-state index contributed by atoms with van der Waals surface area (Å²) in [5.41, 5.74) is 5.37. The first-order chi connectivity index (χ1) is 58.4. The number of aliphatic hydroxyl groups is 15. The average molecular weight is 1790 g/mol. The van der Waals surface area contributed by atoms with Crippen LogP contribution in [0, 0.1) is 5.92 Å². The Bertz CT molecular complexity index is 3710. The molecule has 0 saturated carbocycles. The molecule has 124 heavy (non-hydrogen) atoms. The number of carbonyl (C=O) groups excluding carboxylic acids is 12. The Morgan fingerprint density at radius 3 is 1.60 bits per heavy atom. The number of rotatable bonds is 37. The van der Waals surface area contributed by atoms with Crippen molar-refractivity contribution in [3.05, 3.63) is 0 Å². The maximum absolute atomic E-state index is 15.2. The SMILES string of the molecule is CC(=O)NC1[C@H](OCC2O[C@@H](OC(C)C(NC(=O)C(CO)NC(=O)CNC(=O)C3CCCN3C(=O)C(C)C)C(=O)NC(C)C(=O)N3CCCC3C(=O)N3CCCC3C(=O)NC(C)C(N)=O)C(NC(C)=O)[C@@H](O[C@@H]3OC(CO)[C@H](O)[C@H](O)C3O)[C@H]2O)OC(CO)[C@H](O[C@@H]2OC(CO)[C@H](O)[C@H](O[C@]3(C(=O)O)C[C@H](O)[C@@H](NC(C)=O)C([C@H](O)[C@H](O)CO)O3)C2O)[C@@H]1O. The van der Waals surface area contributed by atoms with Crippen LogP contribution in [0.1, 0.15) is 100 Å². The van der Waals surface area contributed by atoms with Crippen molar-refractivity contribution in [3.8, 4) is 0 Å². The number of nitrogens with zero attached hydrogens (tertiary/aromatic N) is 3. The van der Waals surface area contributed by atoms with Crippen molar-refractivity contribution in [1.29, 1.82) is 0 Å². The molecule has 26 N–H and O–H groups in total. The summed E-state index contributed by atoms with van der Waals surface area (Å²) in [6, 6.07) is -15.9. The van der Waals surface area contributed by atoms with E-state index >= 15 is 4.79 Å². The zero-order chi connectivity index (χ0) is 92.1. The van der Waals surface area contributed by atoms with E-state index in [-0.39, 0.29) is 51.2 Å². The van der Waals surface area contributed by atoms with E-state index < -0.39 is 337 Å². The van der Waals surface area contributed by atoms with Crippen molar-refractivity contribution in [1.82, 2.24) is 57.2 Å². The second kappa shape index (κ2) is 44.7. The summed E-state index contributed by atoms with van der Waals surface area (Å²) < 4.78 is 59.9. The van der Waals surface area contributed by atoms with Crippen LogP contribution >= 0.6 is 0 Å². The van der Waals surface area contributed by atoms with Gasteiger partial charge in [0.05, 0.1) is 64.4 Å². The minimum absolute atomic E-state index is 0.0678. The molecule has 51 nitrogen and oxygen atoms in total. The van der Waals surface area contributed by atoms with Gasteiger partial charge in [-0.15, -0.1) is 0 Å². The van der Waals surface area contributed by atoms with Gasteiger partial charge >= 0.3 is 5.97 Å². The number of aliphatic hydroxyl groups excluding tert-OH is 15. The lowest BCUT2D eigenvalue weighted by molar-refractivity contribution is -0.383. The van der Waals surface area contributed by atoms with E-state index in [0.29, 0.717) is 12.8 Å². The maximum atomic E-state index is 15.2. The molecule has 0 radical (unpaired) electrons. The van der Waals surface area contributed by atoms with Crippen molar-refractivity contribution in [2.24, 2.45) is 11.7 Å². The quantitative estimate of drug-likeness (QED) is 0.0275. The third-order valence-electron chi connectivity index (χ3n) is 22.6. The lowest BCUT2D eigenvalue weighted by Gasteiger charge is -2.51. The average Bonchev–Trinajstić information content (AvgIpc) is 0.976. The summed E-state index contributed by atoms with van der Waals surface area (Å²) in [5.74, 6) is -16.7. The molecule has 17 unspecified atom stereocenters. The third kappa shape index (κ3) is 23.9. The fourth-order valence-corrected chi connectivity index (χ4v) is 16.0. The number of ether oxygens (including phenoxy) is 10. The molecule has 704 valence electrons. The molecule has 0 aromatic rings. The van der Waals surface area contributed by atoms with Crippen LogP contribution in [0.5, 0.6) is 0 Å². The molecule has 0 bridgehead atoms. The van der Waals surface area contributed by atoms with E-state index in [0.717, 1.165) is 32.6 Å². The van der Waals surface area contributed by atoms with Gasteiger partial charge in [-0.3, -0.25) is 57.5 Å². The van der Waals surface area contributed by atoms with Gasteiger partial charge in [0.25, 0.3) is 5.79 Å². The van der Waals surface area contributed by atoms with Crippen molar-refractivity contribution in [2.75, 3.05) is 65.8 Å². The number of primary amides is 1. The molecule has 0 aliphatic carbocycles. The Balaban J connectivity index is 1.10. The van der Waals surface area contributed by atoms with Gasteiger partial charge in [0, 0.05) is 52.7 Å². The molecule has 8 fully saturated rings. The number of likely N-dealkylation sites (tertiary alicyclic amines) is 3. The van der Waals surface area contributed by atoms with Crippen molar-refractivity contribution in [3.63, 3.8) is 0 Å². The Morgan fingerprint density at radius 1 is 0.516 bits per heavy atom. The molecule has 8 aliphatic rings. The number of nitrogens with one attached hydrogen (secondary N) is 8. The molecular formula is C73H118N12O39. The highest BCUT2D eigenvalue weighted by Gasteiger charge is 2.62. The van der Waals surface area contributed by atoms with E-state index in [1.807, 2.05) is 0 Å². The number of amides is 12. The van der Waals surface area contributed by atoms with Crippen molar-refractivity contribution >= 4 is 76.9 Å². The van der Waals surface area contributed by atoms with Gasteiger partial charge in [-0.2, -0.15) is 0 Å². The van der Waals surface area contributed by atoms with Crippen LogP contribution in [0.3, 0.4) is 0 Å². The minimum atomic E-state index is -3.28. The molecular weight excluding hydrogens is 1670 g/mol. The number of carboxylic acids is 1. The smallest absolute Gasteiger partial charge is 0.364 e. The zero-order valence-corrected chi connectivity index (χ0v) is 69.1. The number of hydrogen-bond donors (Lipinski definition) is 25. The Hall–Kier alpha value is -7.89. The molecule has 8 rings (SSSR count). The lowest BCUT2D eigenvalue weighted by Crippen LogP contribution is -2.71. The number of aliphatic carboxylic acids is 1. The van der Waals surface area contributed by atoms with E-state index in [1.165, 1.54) is 23.6 Å². The van der Waals surface area contributed by atoms with Gasteiger partial charge in [-0.1, -0.05) is 13.8 Å². The van der Waals surface area contributed by atoms with Gasteiger partial charge in [0.1, 0.15) is 158 Å². The summed E-state index contributed by atoms with van der Waals surface area (Å²) in [7, 11) is 0. The highest BCUT2D eigenvalue weighted by molar-refractivity contribution is 5.98. The van der Waals surface area contributed by atoms with Gasteiger partial charge in [0.15, 0.2) is 25.2 Å². The second-order valence-corrected chi connectivity index (χ2v) is 32.0. The predicted octanol–water partition coefficient (Wildman–Crippen LogP) is -15.7. The summed E-state index contributed by atoms with van der Waals surface area (Å²) >= 11 is 0. The van der Waals surface area contributed by atoms with Crippen LogP contribution < -0.4 is 48.3 Å². The van der Waals surface area contributed by atoms with Crippen LogP contribution in [-0.2, 0) is 110 Å². The van der Waals surface area contributed by atoms with Crippen LogP contribution in [0.15, 0.2) is 0 Å². The Morgan fingerprint density at radius 2 is 1.04 bits per heavy atom. The molecule has 0 aromatic carbocycles. The third-order valence-corrected chi connectivity index (χ3v) is 22.6. The molecule has 34 atom stereocenters. The van der Waals surface area contributed by atoms with Crippen molar-refractivity contribution < 1.29 is 191 Å². The molecule has 8 heterocycles. The highest BCUT2D eigenvalue weighted by atomic mass is 16.8. The first kappa shape index (κ1) is 102. The molecule has 0 aromatic heterocycles. The first-order valence-electron chi connectivity index (χ1n) is 40.5. The van der Waals surface area contributed by atoms with Gasteiger partial charge in [-0.25, -0.2) is 4.79 Å². The van der Waals surface area contributed by atoms with Gasteiger partial charge < -0.3 is 192 Å². The number of carbonyl (C=O) groups is 13. The monoisotopic (exact) mass is 1790 g/mol. The van der Waals surface area contributed by atoms with Crippen molar-refractivity contribution in [2.45, 2.75) is 308 Å². The number of carboxylic acid groups (broad SMARTS) is 1. The van der Waals surface area contributed by atoms with Crippen LogP contribution in [-0.4, -0.2) is 446 Å². The lowest BCUT2D eigenvalue weighted by atomic mass is 9.88. The molecule has 51 heteroatoms. The fourth-order valence-electron chi connectivity index (χ4n) is 16.0. The van der Waals surface area contributed by atoms with E-state index in [1.54, 1.807) is 13.8 Å². The number of nitrogens with two attached hydrogens (primary N) is 1. The standard InChI is InChI=1S/C73H118N12O39/c1-26(2)65(110)83-15-9-12-34(83)62(107)75-19-43(96)81-33(20-86)61(106)82-44(64(109)77-28(4)66(111)85-17-11-14-36(85)67(112)84-16-10-13-35(84)63(108)76-27(3)60(74)105)29(5)116-69-47(80-32(8)93)57(122-70-54(103)53(102)49(98)39(22-88)117-70)51(100)42(120-69)25-115-68-46(79-31(7)92)52(101)56(41(24-90)119-68)121-71-55(104)59(50(99)40(23-89)118-71)124-73(72(113)114)18-37(94)45(78-30(6)91)58(123-73)48(97)38(95)21-87/h26-29,33-42,44-59,68-71,86-90,94-95,97-104H,9-25H2,1-8H3,(H2,74,105)(H,75,107)(H,76,108)(H,77,109)(H,78,91)(H,79,92)(H,80,93)(H,81,96)(H,82,106)(H,113,114)/t27?,28?,29?,33?,34?,35?,36?,37-,38+,39?,40?,41?,42?,44?,45+,46?,47?,48+,49-,50-,51-,52+,53-,54?,55?,56-,57+,58?,59-,68+,69+,70-,71-,73-/m0/s1. The zero-order valence-electron chi connectivity index (χ0n) is 69.1. The van der Waals surface area contributed by atoms with Gasteiger partial charge in [-0.05, 0) is 59.3 Å². The maximum Gasteiger partial charge on any atom is 0.364 e. The van der Waals surface area contributed by atoms with Crippen LogP contribution in [0.2, 0.25) is 0 Å². The summed E-state index contributed by atoms with van der Waals surface area (Å²) in [5, 5.41) is 196. The number of hydrogen-bond acceptors (Lipinski definition) is 38.